The minimum atomic E-state index is 0.409. The molecule has 1 aliphatic rings. The van der Waals surface area contributed by atoms with E-state index in [-0.39, 0.29) is 0 Å². The van der Waals surface area contributed by atoms with Gasteiger partial charge in [0.05, 0.1) is 0 Å². The van der Waals surface area contributed by atoms with Crippen LogP contribution in [-0.2, 0) is 6.54 Å². The number of nitrogens with one attached hydrogen (secondary N) is 1. The van der Waals surface area contributed by atoms with Crippen molar-refractivity contribution >= 4 is 5.82 Å². The first-order chi connectivity index (χ1) is 8.12. The normalized spacial score (nSPS) is 19.4. The van der Waals surface area contributed by atoms with Crippen molar-refractivity contribution in [1.82, 2.24) is 10.3 Å². The van der Waals surface area contributed by atoms with Gasteiger partial charge in [-0.3, -0.25) is 0 Å². The average Bonchev–Trinajstić information content (AvgIpc) is 2.29. The molecule has 17 heavy (non-hydrogen) atoms. The number of aromatic nitrogens is 1. The van der Waals surface area contributed by atoms with Gasteiger partial charge < -0.3 is 10.2 Å². The third-order valence-electron chi connectivity index (χ3n) is 3.43. The summed E-state index contributed by atoms with van der Waals surface area (Å²) in [4.78, 5) is 7.01. The molecule has 94 valence electrons. The highest BCUT2D eigenvalue weighted by Crippen LogP contribution is 2.31. The standard InChI is InChI=1S/C14H23N3/c1-14(2)7-5-9-17(11-14)13-12(10-15-3)6-4-8-16-13/h4,6,8,15H,5,7,9-11H2,1-3H3. The molecule has 1 aromatic heterocycles. The Morgan fingerprint density at radius 2 is 2.29 bits per heavy atom. The van der Waals surface area contributed by atoms with E-state index in [1.807, 2.05) is 19.3 Å². The maximum Gasteiger partial charge on any atom is 0.133 e. The summed E-state index contributed by atoms with van der Waals surface area (Å²) < 4.78 is 0. The van der Waals surface area contributed by atoms with Crippen LogP contribution in [0.5, 0.6) is 0 Å². The number of hydrogen-bond donors (Lipinski definition) is 1. The molecule has 3 heteroatoms. The number of piperidine rings is 1. The Bertz CT molecular complexity index is 373. The van der Waals surface area contributed by atoms with Gasteiger partial charge in [0.2, 0.25) is 0 Å². The van der Waals surface area contributed by atoms with Crippen molar-refractivity contribution in [3.05, 3.63) is 23.9 Å². The second-order valence-electron chi connectivity index (χ2n) is 5.71. The molecule has 0 unspecified atom stereocenters. The molecule has 0 aliphatic carbocycles. The fraction of sp³-hybridized carbons (Fsp3) is 0.643. The lowest BCUT2D eigenvalue weighted by atomic mass is 9.84. The summed E-state index contributed by atoms with van der Waals surface area (Å²) in [7, 11) is 1.98. The van der Waals surface area contributed by atoms with Gasteiger partial charge in [-0.25, -0.2) is 4.98 Å². The van der Waals surface area contributed by atoms with Crippen LogP contribution in [-0.4, -0.2) is 25.1 Å². The molecule has 0 aromatic carbocycles. The largest absolute Gasteiger partial charge is 0.356 e. The second-order valence-corrected chi connectivity index (χ2v) is 5.71. The fourth-order valence-corrected chi connectivity index (χ4v) is 2.65. The van der Waals surface area contributed by atoms with E-state index >= 15 is 0 Å². The van der Waals surface area contributed by atoms with Crippen molar-refractivity contribution in [3.63, 3.8) is 0 Å². The van der Waals surface area contributed by atoms with E-state index in [9.17, 15) is 0 Å². The Kier molecular flexibility index (Phi) is 3.67. The van der Waals surface area contributed by atoms with Crippen molar-refractivity contribution in [2.24, 2.45) is 5.41 Å². The quantitative estimate of drug-likeness (QED) is 0.869. The summed E-state index contributed by atoms with van der Waals surface area (Å²) in [6.07, 6.45) is 4.48. The number of pyridine rings is 1. The zero-order valence-electron chi connectivity index (χ0n) is 11.2. The summed E-state index contributed by atoms with van der Waals surface area (Å²) in [5.74, 6) is 1.16. The highest BCUT2D eigenvalue weighted by Gasteiger charge is 2.27. The van der Waals surface area contributed by atoms with Gasteiger partial charge in [-0.2, -0.15) is 0 Å². The van der Waals surface area contributed by atoms with Gasteiger partial charge in [-0.05, 0) is 31.4 Å². The molecule has 1 aliphatic heterocycles. The van der Waals surface area contributed by atoms with Crippen molar-refractivity contribution in [1.29, 1.82) is 0 Å². The molecule has 0 radical (unpaired) electrons. The Morgan fingerprint density at radius 1 is 1.47 bits per heavy atom. The molecule has 1 aromatic rings. The van der Waals surface area contributed by atoms with Crippen molar-refractivity contribution in [2.45, 2.75) is 33.2 Å². The third-order valence-corrected chi connectivity index (χ3v) is 3.43. The van der Waals surface area contributed by atoms with Gasteiger partial charge in [0.1, 0.15) is 5.82 Å². The van der Waals surface area contributed by atoms with Crippen LogP contribution in [0.1, 0.15) is 32.3 Å². The average molecular weight is 233 g/mol. The zero-order chi connectivity index (χ0) is 12.3. The van der Waals surface area contributed by atoms with Crippen LogP contribution in [0.3, 0.4) is 0 Å². The molecule has 1 saturated heterocycles. The lowest BCUT2D eigenvalue weighted by Crippen LogP contribution is -2.41. The van der Waals surface area contributed by atoms with Crippen molar-refractivity contribution < 1.29 is 0 Å². The van der Waals surface area contributed by atoms with Gasteiger partial charge in [0.25, 0.3) is 0 Å². The summed E-state index contributed by atoms with van der Waals surface area (Å²) in [6, 6.07) is 4.19. The predicted molar refractivity (Wildman–Crippen MR) is 72.2 cm³/mol. The number of hydrogen-bond acceptors (Lipinski definition) is 3. The maximum absolute atomic E-state index is 4.57. The summed E-state index contributed by atoms with van der Waals surface area (Å²) in [5, 5.41) is 3.22. The first-order valence-corrected chi connectivity index (χ1v) is 6.46. The minimum Gasteiger partial charge on any atom is -0.356 e. The van der Waals surface area contributed by atoms with Gasteiger partial charge in [-0.1, -0.05) is 19.9 Å². The van der Waals surface area contributed by atoms with E-state index in [0.717, 1.165) is 25.5 Å². The highest BCUT2D eigenvalue weighted by atomic mass is 15.2. The van der Waals surface area contributed by atoms with Crippen LogP contribution in [0, 0.1) is 5.41 Å². The Labute approximate surface area is 104 Å². The molecule has 2 rings (SSSR count). The van der Waals surface area contributed by atoms with E-state index in [2.05, 4.69) is 35.1 Å². The molecular weight excluding hydrogens is 210 g/mol. The summed E-state index contributed by atoms with van der Waals surface area (Å²) in [5.41, 5.74) is 1.71. The molecule has 2 heterocycles. The molecule has 0 spiro atoms. The van der Waals surface area contributed by atoms with Gasteiger partial charge >= 0.3 is 0 Å². The molecular formula is C14H23N3. The Balaban J connectivity index is 2.21. The van der Waals surface area contributed by atoms with E-state index in [1.54, 1.807) is 0 Å². The lowest BCUT2D eigenvalue weighted by molar-refractivity contribution is 0.291. The first-order valence-electron chi connectivity index (χ1n) is 6.46. The van der Waals surface area contributed by atoms with Gasteiger partial charge in [0, 0.05) is 31.4 Å². The van der Waals surface area contributed by atoms with E-state index in [0.29, 0.717) is 5.41 Å². The van der Waals surface area contributed by atoms with Crippen LogP contribution in [0.4, 0.5) is 5.82 Å². The number of rotatable bonds is 3. The topological polar surface area (TPSA) is 28.2 Å². The van der Waals surface area contributed by atoms with Gasteiger partial charge in [0.15, 0.2) is 0 Å². The van der Waals surface area contributed by atoms with Crippen LogP contribution in [0.15, 0.2) is 18.3 Å². The highest BCUT2D eigenvalue weighted by molar-refractivity contribution is 5.47. The van der Waals surface area contributed by atoms with Crippen LogP contribution < -0.4 is 10.2 Å². The molecule has 0 atom stereocenters. The first kappa shape index (κ1) is 12.4. The number of anilines is 1. The van der Waals surface area contributed by atoms with Crippen molar-refractivity contribution in [3.8, 4) is 0 Å². The fourth-order valence-electron chi connectivity index (χ4n) is 2.65. The maximum atomic E-state index is 4.57. The summed E-state index contributed by atoms with van der Waals surface area (Å²) in [6.45, 7) is 7.83. The van der Waals surface area contributed by atoms with Crippen LogP contribution in [0.2, 0.25) is 0 Å². The van der Waals surface area contributed by atoms with Crippen LogP contribution >= 0.6 is 0 Å². The molecule has 1 fully saturated rings. The predicted octanol–water partition coefficient (Wildman–Crippen LogP) is 2.43. The number of nitrogens with zero attached hydrogens (tertiary/aromatic N) is 2. The molecule has 3 nitrogen and oxygen atoms in total. The molecule has 0 saturated carbocycles. The van der Waals surface area contributed by atoms with Crippen molar-refractivity contribution in [2.75, 3.05) is 25.0 Å². The third kappa shape index (κ3) is 2.97. The minimum absolute atomic E-state index is 0.409. The molecule has 0 bridgehead atoms. The Morgan fingerprint density at radius 3 is 3.00 bits per heavy atom. The molecule has 1 N–H and O–H groups in total. The second kappa shape index (κ2) is 5.05. The lowest BCUT2D eigenvalue weighted by Gasteiger charge is -2.39. The monoisotopic (exact) mass is 233 g/mol. The van der Waals surface area contributed by atoms with Crippen LogP contribution in [0.25, 0.3) is 0 Å². The van der Waals surface area contributed by atoms with E-state index in [1.165, 1.54) is 18.4 Å². The summed E-state index contributed by atoms with van der Waals surface area (Å²) >= 11 is 0. The van der Waals surface area contributed by atoms with E-state index in [4.69, 9.17) is 0 Å². The Hall–Kier alpha value is -1.09. The SMILES string of the molecule is CNCc1cccnc1N1CCCC(C)(C)C1. The van der Waals surface area contributed by atoms with Gasteiger partial charge in [-0.15, -0.1) is 0 Å². The zero-order valence-corrected chi connectivity index (χ0v) is 11.2. The molecule has 0 amide bonds. The smallest absolute Gasteiger partial charge is 0.133 e. The van der Waals surface area contributed by atoms with E-state index < -0.39 is 0 Å².